The standard InChI is InChI=1S/C14H18BrN3O3/c1-14(2-4-16-5-3-14)9-17-13(19)10-6-11(15)8-12(7-10)18(20)21/h6-8,16H,2-5,9H2,1H3,(H,17,19). The Hall–Kier alpha value is -1.47. The molecule has 1 aromatic carbocycles. The van der Waals surface area contributed by atoms with E-state index in [4.69, 9.17) is 0 Å². The third-order valence-electron chi connectivity index (χ3n) is 3.84. The molecular weight excluding hydrogens is 338 g/mol. The maximum atomic E-state index is 12.2. The second-order valence-electron chi connectivity index (χ2n) is 5.70. The van der Waals surface area contributed by atoms with Crippen molar-refractivity contribution in [3.8, 4) is 0 Å². The fourth-order valence-corrected chi connectivity index (χ4v) is 2.89. The second kappa shape index (κ2) is 6.53. The largest absolute Gasteiger partial charge is 0.351 e. The van der Waals surface area contributed by atoms with Crippen LogP contribution in [0.15, 0.2) is 22.7 Å². The summed E-state index contributed by atoms with van der Waals surface area (Å²) in [6, 6.07) is 4.27. The van der Waals surface area contributed by atoms with E-state index in [-0.39, 0.29) is 17.0 Å². The molecule has 1 aliphatic rings. The lowest BCUT2D eigenvalue weighted by atomic mass is 9.81. The van der Waals surface area contributed by atoms with Gasteiger partial charge >= 0.3 is 0 Å². The molecule has 1 aromatic rings. The van der Waals surface area contributed by atoms with Crippen molar-refractivity contribution in [1.82, 2.24) is 10.6 Å². The van der Waals surface area contributed by atoms with Crippen LogP contribution in [0.3, 0.4) is 0 Å². The van der Waals surface area contributed by atoms with Crippen molar-refractivity contribution in [3.05, 3.63) is 38.3 Å². The van der Waals surface area contributed by atoms with Crippen molar-refractivity contribution in [1.29, 1.82) is 0 Å². The minimum absolute atomic E-state index is 0.0822. The molecule has 0 spiro atoms. The first kappa shape index (κ1) is 15.9. The molecule has 114 valence electrons. The first-order valence-corrected chi connectivity index (χ1v) is 7.63. The Morgan fingerprint density at radius 3 is 2.71 bits per heavy atom. The Morgan fingerprint density at radius 1 is 1.43 bits per heavy atom. The van der Waals surface area contributed by atoms with Crippen molar-refractivity contribution in [2.45, 2.75) is 19.8 Å². The van der Waals surface area contributed by atoms with Crippen LogP contribution in [0.5, 0.6) is 0 Å². The number of nitro benzene ring substituents is 1. The van der Waals surface area contributed by atoms with Crippen molar-refractivity contribution in [3.63, 3.8) is 0 Å². The highest BCUT2D eigenvalue weighted by Crippen LogP contribution is 2.27. The lowest BCUT2D eigenvalue weighted by Crippen LogP contribution is -2.42. The molecule has 6 nitrogen and oxygen atoms in total. The van der Waals surface area contributed by atoms with Gasteiger partial charge in [-0.2, -0.15) is 0 Å². The summed E-state index contributed by atoms with van der Waals surface area (Å²) in [5, 5.41) is 17.0. The van der Waals surface area contributed by atoms with E-state index in [0.717, 1.165) is 25.9 Å². The minimum Gasteiger partial charge on any atom is -0.351 e. The molecule has 0 saturated carbocycles. The number of carbonyl (C=O) groups is 1. The summed E-state index contributed by atoms with van der Waals surface area (Å²) in [6.45, 7) is 4.63. The predicted molar refractivity (Wildman–Crippen MR) is 83.3 cm³/mol. The third-order valence-corrected chi connectivity index (χ3v) is 4.30. The summed E-state index contributed by atoms with van der Waals surface area (Å²) < 4.78 is 0.523. The fraction of sp³-hybridized carbons (Fsp3) is 0.500. The average Bonchev–Trinajstić information content (AvgIpc) is 2.45. The summed E-state index contributed by atoms with van der Waals surface area (Å²) in [5.41, 5.74) is 0.287. The molecular formula is C14H18BrN3O3. The minimum atomic E-state index is -0.504. The molecule has 1 amide bonds. The Morgan fingerprint density at radius 2 is 2.10 bits per heavy atom. The van der Waals surface area contributed by atoms with Gasteiger partial charge in [-0.25, -0.2) is 0 Å². The number of nitro groups is 1. The Bertz CT molecular complexity index is 556. The van der Waals surface area contributed by atoms with Crippen LogP contribution in [-0.2, 0) is 0 Å². The molecule has 2 N–H and O–H groups in total. The molecule has 1 saturated heterocycles. The van der Waals surface area contributed by atoms with Crippen LogP contribution in [0.2, 0.25) is 0 Å². The van der Waals surface area contributed by atoms with Crippen molar-refractivity contribution in [2.24, 2.45) is 5.41 Å². The van der Waals surface area contributed by atoms with Gasteiger partial charge in [0.2, 0.25) is 0 Å². The second-order valence-corrected chi connectivity index (χ2v) is 6.61. The van der Waals surface area contributed by atoms with Gasteiger partial charge in [-0.15, -0.1) is 0 Å². The van der Waals surface area contributed by atoms with Gasteiger partial charge < -0.3 is 10.6 Å². The number of benzene rings is 1. The van der Waals surface area contributed by atoms with Gasteiger partial charge in [0.15, 0.2) is 0 Å². The van der Waals surface area contributed by atoms with Crippen LogP contribution in [0.25, 0.3) is 0 Å². The van der Waals surface area contributed by atoms with E-state index >= 15 is 0 Å². The fourth-order valence-electron chi connectivity index (χ4n) is 2.41. The molecule has 1 fully saturated rings. The van der Waals surface area contributed by atoms with Crippen LogP contribution in [-0.4, -0.2) is 30.5 Å². The number of piperidine rings is 1. The van der Waals surface area contributed by atoms with Gasteiger partial charge in [-0.3, -0.25) is 14.9 Å². The number of hydrogen-bond acceptors (Lipinski definition) is 4. The van der Waals surface area contributed by atoms with Crippen LogP contribution in [0, 0.1) is 15.5 Å². The van der Waals surface area contributed by atoms with Gasteiger partial charge in [0.1, 0.15) is 0 Å². The molecule has 7 heteroatoms. The number of hydrogen-bond donors (Lipinski definition) is 2. The highest BCUT2D eigenvalue weighted by Gasteiger charge is 2.27. The van der Waals surface area contributed by atoms with Crippen LogP contribution in [0.4, 0.5) is 5.69 Å². The molecule has 0 aromatic heterocycles. The van der Waals surface area contributed by atoms with Gasteiger partial charge in [0.25, 0.3) is 11.6 Å². The number of non-ortho nitro benzene ring substituents is 1. The number of nitrogens with zero attached hydrogens (tertiary/aromatic N) is 1. The average molecular weight is 356 g/mol. The third kappa shape index (κ3) is 4.25. The SMILES string of the molecule is CC1(CNC(=O)c2cc(Br)cc([N+](=O)[O-])c2)CCNCC1. The molecule has 0 atom stereocenters. The van der Waals surface area contributed by atoms with E-state index in [2.05, 4.69) is 33.5 Å². The van der Waals surface area contributed by atoms with E-state index in [9.17, 15) is 14.9 Å². The summed E-state index contributed by atoms with van der Waals surface area (Å²) in [7, 11) is 0. The quantitative estimate of drug-likeness (QED) is 0.641. The van der Waals surface area contributed by atoms with Gasteiger partial charge in [0.05, 0.1) is 4.92 Å². The van der Waals surface area contributed by atoms with Gasteiger partial charge in [-0.05, 0) is 37.4 Å². The number of carbonyl (C=O) groups excluding carboxylic acids is 1. The monoisotopic (exact) mass is 355 g/mol. The lowest BCUT2D eigenvalue weighted by molar-refractivity contribution is -0.385. The zero-order valence-corrected chi connectivity index (χ0v) is 13.4. The van der Waals surface area contributed by atoms with Gasteiger partial charge in [0, 0.05) is 28.7 Å². The molecule has 0 bridgehead atoms. The number of halogens is 1. The molecule has 21 heavy (non-hydrogen) atoms. The maximum absolute atomic E-state index is 12.2. The van der Waals surface area contributed by atoms with E-state index in [1.54, 1.807) is 6.07 Å². The molecule has 0 radical (unpaired) electrons. The van der Waals surface area contributed by atoms with E-state index in [1.165, 1.54) is 12.1 Å². The van der Waals surface area contributed by atoms with Crippen LogP contribution < -0.4 is 10.6 Å². The molecule has 0 unspecified atom stereocenters. The van der Waals surface area contributed by atoms with Crippen molar-refractivity contribution < 1.29 is 9.72 Å². The number of rotatable bonds is 4. The van der Waals surface area contributed by atoms with E-state index < -0.39 is 4.92 Å². The summed E-state index contributed by atoms with van der Waals surface area (Å²) >= 11 is 3.20. The molecule has 0 aliphatic carbocycles. The van der Waals surface area contributed by atoms with Crippen LogP contribution >= 0.6 is 15.9 Å². The smallest absolute Gasteiger partial charge is 0.271 e. The van der Waals surface area contributed by atoms with Gasteiger partial charge in [-0.1, -0.05) is 22.9 Å². The number of amides is 1. The van der Waals surface area contributed by atoms with E-state index in [1.807, 2.05) is 0 Å². The zero-order valence-electron chi connectivity index (χ0n) is 11.8. The number of nitrogens with one attached hydrogen (secondary N) is 2. The first-order valence-electron chi connectivity index (χ1n) is 6.84. The molecule has 1 aliphatic heterocycles. The Kier molecular flexibility index (Phi) is 4.95. The Balaban J connectivity index is 2.04. The van der Waals surface area contributed by atoms with Crippen molar-refractivity contribution in [2.75, 3.05) is 19.6 Å². The lowest BCUT2D eigenvalue weighted by Gasteiger charge is -2.34. The normalized spacial score (nSPS) is 17.2. The first-order chi connectivity index (χ1) is 9.89. The molecule has 1 heterocycles. The predicted octanol–water partition coefficient (Wildman–Crippen LogP) is 2.48. The highest BCUT2D eigenvalue weighted by atomic mass is 79.9. The van der Waals surface area contributed by atoms with Crippen molar-refractivity contribution >= 4 is 27.5 Å². The summed E-state index contributed by atoms with van der Waals surface area (Å²) in [5.74, 6) is -0.279. The van der Waals surface area contributed by atoms with Crippen LogP contribution in [0.1, 0.15) is 30.1 Å². The summed E-state index contributed by atoms with van der Waals surface area (Å²) in [6.07, 6.45) is 2.01. The Labute approximate surface area is 131 Å². The maximum Gasteiger partial charge on any atom is 0.271 e. The summed E-state index contributed by atoms with van der Waals surface area (Å²) in [4.78, 5) is 22.5. The van der Waals surface area contributed by atoms with E-state index in [0.29, 0.717) is 16.6 Å². The highest BCUT2D eigenvalue weighted by molar-refractivity contribution is 9.10. The molecule has 2 rings (SSSR count). The topological polar surface area (TPSA) is 84.3 Å². The zero-order chi connectivity index (χ0) is 15.5.